The molecule has 106 valence electrons. The third kappa shape index (κ3) is 2.69. The summed E-state index contributed by atoms with van der Waals surface area (Å²) in [6.07, 6.45) is -0.137. The van der Waals surface area contributed by atoms with Gasteiger partial charge in [0.15, 0.2) is 0 Å². The van der Waals surface area contributed by atoms with E-state index in [1.807, 2.05) is 0 Å². The van der Waals surface area contributed by atoms with Crippen LogP contribution in [0, 0.1) is 11.2 Å². The molecule has 1 aromatic rings. The molecule has 0 radical (unpaired) electrons. The van der Waals surface area contributed by atoms with Gasteiger partial charge < -0.3 is 5.11 Å². The lowest BCUT2D eigenvalue weighted by molar-refractivity contribution is -0.0645. The van der Waals surface area contributed by atoms with Gasteiger partial charge >= 0.3 is 0 Å². The van der Waals surface area contributed by atoms with E-state index in [-0.39, 0.29) is 15.4 Å². The van der Waals surface area contributed by atoms with Crippen molar-refractivity contribution in [3.8, 4) is 0 Å². The molecule has 4 nitrogen and oxygen atoms in total. The molecule has 1 saturated carbocycles. The minimum Gasteiger partial charge on any atom is -0.392 e. The third-order valence-electron chi connectivity index (χ3n) is 3.70. The molecule has 1 fully saturated rings. The second-order valence-corrected chi connectivity index (χ2v) is 7.86. The first-order valence-electron chi connectivity index (χ1n) is 5.80. The Morgan fingerprint density at radius 1 is 1.47 bits per heavy atom. The maximum Gasteiger partial charge on any atom is 0.241 e. The van der Waals surface area contributed by atoms with Gasteiger partial charge in [-0.2, -0.15) is 0 Å². The fourth-order valence-corrected chi connectivity index (χ4v) is 4.50. The minimum atomic E-state index is -3.74. The topological polar surface area (TPSA) is 66.4 Å². The number of aliphatic hydroxyl groups is 1. The molecule has 2 N–H and O–H groups in total. The zero-order valence-corrected chi connectivity index (χ0v) is 12.9. The maximum absolute atomic E-state index is 13.0. The number of nitrogens with one attached hydrogen (secondary N) is 1. The van der Waals surface area contributed by atoms with Crippen LogP contribution in [0.1, 0.15) is 20.3 Å². The fraction of sp³-hybridized carbons (Fsp3) is 0.500. The monoisotopic (exact) mass is 351 g/mol. The average Bonchev–Trinajstić information content (AvgIpc) is 2.27. The van der Waals surface area contributed by atoms with Crippen LogP contribution in [0.3, 0.4) is 0 Å². The Labute approximate surface area is 120 Å². The number of rotatable bonds is 3. The van der Waals surface area contributed by atoms with E-state index >= 15 is 0 Å². The number of benzene rings is 1. The maximum atomic E-state index is 13.0. The summed E-state index contributed by atoms with van der Waals surface area (Å²) in [5.74, 6) is -0.509. The summed E-state index contributed by atoms with van der Waals surface area (Å²) in [6.45, 7) is 3.60. The van der Waals surface area contributed by atoms with Crippen molar-refractivity contribution in [2.24, 2.45) is 5.41 Å². The van der Waals surface area contributed by atoms with E-state index in [4.69, 9.17) is 0 Å². The van der Waals surface area contributed by atoms with Crippen LogP contribution >= 0.6 is 15.9 Å². The van der Waals surface area contributed by atoms with E-state index < -0.39 is 27.4 Å². The van der Waals surface area contributed by atoms with Crippen LogP contribution in [-0.2, 0) is 10.0 Å². The third-order valence-corrected chi connectivity index (χ3v) is 6.15. The van der Waals surface area contributed by atoms with Gasteiger partial charge in [-0.15, -0.1) is 0 Å². The van der Waals surface area contributed by atoms with Crippen LogP contribution in [0.5, 0.6) is 0 Å². The van der Waals surface area contributed by atoms with Gasteiger partial charge in [-0.25, -0.2) is 17.5 Å². The van der Waals surface area contributed by atoms with E-state index in [9.17, 15) is 17.9 Å². The Morgan fingerprint density at radius 2 is 2.11 bits per heavy atom. The van der Waals surface area contributed by atoms with Crippen molar-refractivity contribution in [1.29, 1.82) is 0 Å². The van der Waals surface area contributed by atoms with Crippen LogP contribution < -0.4 is 4.72 Å². The van der Waals surface area contributed by atoms with Gasteiger partial charge in [-0.05, 0) is 40.5 Å². The Morgan fingerprint density at radius 3 is 2.58 bits per heavy atom. The Balaban J connectivity index is 2.25. The van der Waals surface area contributed by atoms with Crippen LogP contribution in [-0.4, -0.2) is 25.7 Å². The summed E-state index contributed by atoms with van der Waals surface area (Å²) in [4.78, 5) is -0.00825. The van der Waals surface area contributed by atoms with Gasteiger partial charge in [0, 0.05) is 15.9 Å². The van der Waals surface area contributed by atoms with Gasteiger partial charge in [0.1, 0.15) is 5.82 Å². The quantitative estimate of drug-likeness (QED) is 0.875. The number of sulfonamides is 1. The van der Waals surface area contributed by atoms with Crippen molar-refractivity contribution in [2.45, 2.75) is 37.3 Å². The first-order valence-corrected chi connectivity index (χ1v) is 8.07. The Kier molecular flexibility index (Phi) is 3.77. The van der Waals surface area contributed by atoms with Crippen LogP contribution in [0.15, 0.2) is 27.6 Å². The lowest BCUT2D eigenvalue weighted by Gasteiger charge is -2.49. The van der Waals surface area contributed by atoms with Crippen molar-refractivity contribution >= 4 is 26.0 Å². The highest BCUT2D eigenvalue weighted by Crippen LogP contribution is 2.41. The molecule has 0 spiro atoms. The molecule has 1 aromatic carbocycles. The molecule has 0 aliphatic heterocycles. The highest BCUT2D eigenvalue weighted by Gasteiger charge is 2.49. The van der Waals surface area contributed by atoms with Gasteiger partial charge in [0.2, 0.25) is 10.0 Å². The van der Waals surface area contributed by atoms with E-state index in [0.717, 1.165) is 12.1 Å². The molecule has 2 unspecified atom stereocenters. The molecular weight excluding hydrogens is 337 g/mol. The molecule has 0 saturated heterocycles. The summed E-state index contributed by atoms with van der Waals surface area (Å²) < 4.78 is 40.1. The zero-order chi connectivity index (χ0) is 14.4. The van der Waals surface area contributed by atoms with E-state index in [1.165, 1.54) is 6.07 Å². The number of hydrogen-bond donors (Lipinski definition) is 2. The van der Waals surface area contributed by atoms with Crippen molar-refractivity contribution < 1.29 is 17.9 Å². The molecule has 1 aliphatic rings. The average molecular weight is 352 g/mol. The number of aliphatic hydroxyl groups excluding tert-OH is 1. The molecule has 0 bridgehead atoms. The molecule has 19 heavy (non-hydrogen) atoms. The smallest absolute Gasteiger partial charge is 0.241 e. The predicted molar refractivity (Wildman–Crippen MR) is 72.6 cm³/mol. The van der Waals surface area contributed by atoms with Crippen molar-refractivity contribution in [2.75, 3.05) is 0 Å². The number of hydrogen-bond acceptors (Lipinski definition) is 3. The van der Waals surface area contributed by atoms with Crippen molar-refractivity contribution in [3.63, 3.8) is 0 Å². The highest BCUT2D eigenvalue weighted by atomic mass is 79.9. The molecule has 7 heteroatoms. The summed E-state index contributed by atoms with van der Waals surface area (Å²) in [6, 6.07) is 3.09. The van der Waals surface area contributed by atoms with E-state index in [2.05, 4.69) is 20.7 Å². The van der Waals surface area contributed by atoms with Gasteiger partial charge in [0.05, 0.1) is 11.0 Å². The van der Waals surface area contributed by atoms with E-state index in [0.29, 0.717) is 6.42 Å². The standard InChI is InChI=1S/C12H15BrFNO3S/c1-12(2)10(6-11(12)16)15-19(17,18)9-4-3-7(14)5-8(9)13/h3-5,10-11,15-16H,6H2,1-2H3. The normalized spacial score (nSPS) is 25.9. The van der Waals surface area contributed by atoms with Crippen LogP contribution in [0.25, 0.3) is 0 Å². The first kappa shape index (κ1) is 14.9. The Bertz CT molecular complexity index is 603. The SMILES string of the molecule is CC1(C)C(O)CC1NS(=O)(=O)c1ccc(F)cc1Br. The van der Waals surface area contributed by atoms with E-state index in [1.54, 1.807) is 13.8 Å². The van der Waals surface area contributed by atoms with Gasteiger partial charge in [-0.3, -0.25) is 0 Å². The minimum absolute atomic E-state index is 0.00825. The largest absolute Gasteiger partial charge is 0.392 e. The van der Waals surface area contributed by atoms with Gasteiger partial charge in [-0.1, -0.05) is 13.8 Å². The summed E-state index contributed by atoms with van der Waals surface area (Å²) in [5, 5.41) is 9.61. The molecule has 2 atom stereocenters. The molecule has 0 aromatic heterocycles. The summed E-state index contributed by atoms with van der Waals surface area (Å²) in [7, 11) is -3.74. The molecular formula is C12H15BrFNO3S. The lowest BCUT2D eigenvalue weighted by Crippen LogP contribution is -2.61. The van der Waals surface area contributed by atoms with Crippen molar-refractivity contribution in [3.05, 3.63) is 28.5 Å². The summed E-state index contributed by atoms with van der Waals surface area (Å²) in [5.41, 5.74) is -0.500. The lowest BCUT2D eigenvalue weighted by atomic mass is 9.65. The van der Waals surface area contributed by atoms with Crippen LogP contribution in [0.4, 0.5) is 4.39 Å². The second-order valence-electron chi connectivity index (χ2n) is 5.32. The summed E-state index contributed by atoms with van der Waals surface area (Å²) >= 11 is 3.04. The fourth-order valence-electron chi connectivity index (χ4n) is 2.05. The molecule has 0 heterocycles. The second kappa shape index (κ2) is 4.80. The number of halogens is 2. The molecule has 0 amide bonds. The van der Waals surface area contributed by atoms with Crippen LogP contribution in [0.2, 0.25) is 0 Å². The highest BCUT2D eigenvalue weighted by molar-refractivity contribution is 9.10. The van der Waals surface area contributed by atoms with Gasteiger partial charge in [0.25, 0.3) is 0 Å². The Hall–Kier alpha value is -0.500. The zero-order valence-electron chi connectivity index (χ0n) is 10.5. The van der Waals surface area contributed by atoms with Crippen molar-refractivity contribution in [1.82, 2.24) is 4.72 Å². The molecule has 2 rings (SSSR count). The molecule has 1 aliphatic carbocycles. The predicted octanol–water partition coefficient (Wildman–Crippen LogP) is 2.03. The first-order chi connectivity index (χ1) is 8.64.